The highest BCUT2D eigenvalue weighted by atomic mass is 32.2. The zero-order chi connectivity index (χ0) is 19.4. The molecule has 1 unspecified atom stereocenters. The van der Waals surface area contributed by atoms with Gasteiger partial charge in [0.05, 0.1) is 18.3 Å². The zero-order valence-electron chi connectivity index (χ0n) is 15.4. The largest absolute Gasteiger partial charge is 0.346 e. The number of thioether (sulfide) groups is 1. The van der Waals surface area contributed by atoms with E-state index in [1.807, 2.05) is 25.1 Å². The van der Waals surface area contributed by atoms with Crippen LogP contribution in [0.25, 0.3) is 0 Å². The number of nitrogens with zero attached hydrogens (tertiary/aromatic N) is 1. The Morgan fingerprint density at radius 1 is 1.15 bits per heavy atom. The molecular weight excluding hydrogens is 360 g/mol. The van der Waals surface area contributed by atoms with Gasteiger partial charge in [0.25, 0.3) is 11.1 Å². The third-order valence-corrected chi connectivity index (χ3v) is 5.46. The molecule has 0 bridgehead atoms. The number of carbonyl (C=O) groups is 3. The number of amides is 3. The van der Waals surface area contributed by atoms with E-state index in [1.165, 1.54) is 10.5 Å². The topological polar surface area (TPSA) is 66.5 Å². The second kappa shape index (κ2) is 8.39. The molecule has 1 aliphatic heterocycles. The lowest BCUT2D eigenvalue weighted by atomic mass is 10.0. The Morgan fingerprint density at radius 3 is 2.52 bits per heavy atom. The number of benzene rings is 2. The molecule has 140 valence electrons. The highest BCUT2D eigenvalue weighted by molar-refractivity contribution is 8.14. The molecule has 2 aromatic carbocycles. The van der Waals surface area contributed by atoms with Crippen molar-refractivity contribution in [1.82, 2.24) is 10.2 Å². The maximum atomic E-state index is 12.6. The Balaban J connectivity index is 1.67. The number of nitrogens with one attached hydrogen (secondary N) is 1. The summed E-state index contributed by atoms with van der Waals surface area (Å²) in [6.45, 7) is 4.25. The zero-order valence-corrected chi connectivity index (χ0v) is 16.2. The molecule has 1 saturated heterocycles. The summed E-state index contributed by atoms with van der Waals surface area (Å²) in [6.07, 6.45) is 0.980. The molecule has 3 rings (SSSR count). The van der Waals surface area contributed by atoms with E-state index in [9.17, 15) is 14.4 Å². The molecule has 1 atom stereocenters. The van der Waals surface area contributed by atoms with Gasteiger partial charge in [0.15, 0.2) is 0 Å². The Kier molecular flexibility index (Phi) is 5.96. The fourth-order valence-electron chi connectivity index (χ4n) is 2.93. The van der Waals surface area contributed by atoms with Crippen molar-refractivity contribution in [3.05, 3.63) is 70.8 Å². The number of imide groups is 1. The van der Waals surface area contributed by atoms with Gasteiger partial charge in [-0.3, -0.25) is 19.3 Å². The monoisotopic (exact) mass is 382 g/mol. The lowest BCUT2D eigenvalue weighted by molar-refractivity contribution is -0.125. The van der Waals surface area contributed by atoms with Gasteiger partial charge in [0, 0.05) is 5.56 Å². The average molecular weight is 382 g/mol. The van der Waals surface area contributed by atoms with Crippen LogP contribution in [0, 0.1) is 0 Å². The van der Waals surface area contributed by atoms with E-state index in [1.54, 1.807) is 18.2 Å². The molecule has 0 saturated carbocycles. The van der Waals surface area contributed by atoms with E-state index in [0.29, 0.717) is 5.56 Å². The molecule has 1 aliphatic rings. The molecule has 0 spiro atoms. The molecule has 0 aromatic heterocycles. The van der Waals surface area contributed by atoms with Crippen LogP contribution in [0.4, 0.5) is 4.79 Å². The second-order valence-corrected chi connectivity index (χ2v) is 7.45. The number of aryl methyl sites for hydroxylation is 1. The van der Waals surface area contributed by atoms with E-state index in [-0.39, 0.29) is 35.4 Å². The first kappa shape index (κ1) is 19.2. The fourth-order valence-corrected chi connectivity index (χ4v) is 3.66. The molecule has 1 fully saturated rings. The van der Waals surface area contributed by atoms with Crippen LogP contribution in [0.15, 0.2) is 48.5 Å². The van der Waals surface area contributed by atoms with Crippen LogP contribution in [0.1, 0.15) is 46.9 Å². The van der Waals surface area contributed by atoms with Gasteiger partial charge in [-0.25, -0.2) is 0 Å². The number of rotatable bonds is 6. The van der Waals surface area contributed by atoms with Gasteiger partial charge in [0.1, 0.15) is 0 Å². The van der Waals surface area contributed by atoms with Crippen molar-refractivity contribution in [1.29, 1.82) is 0 Å². The van der Waals surface area contributed by atoms with E-state index in [0.717, 1.165) is 29.3 Å². The van der Waals surface area contributed by atoms with E-state index >= 15 is 0 Å². The Hall–Kier alpha value is -2.60. The summed E-state index contributed by atoms with van der Waals surface area (Å²) < 4.78 is 0. The van der Waals surface area contributed by atoms with Gasteiger partial charge in [-0.2, -0.15) is 0 Å². The van der Waals surface area contributed by atoms with Gasteiger partial charge >= 0.3 is 0 Å². The first-order valence-corrected chi connectivity index (χ1v) is 9.92. The number of hydrogen-bond acceptors (Lipinski definition) is 4. The lowest BCUT2D eigenvalue weighted by Gasteiger charge is -2.16. The van der Waals surface area contributed by atoms with Gasteiger partial charge in [0.2, 0.25) is 5.91 Å². The predicted octanol–water partition coefficient (Wildman–Crippen LogP) is 3.94. The van der Waals surface area contributed by atoms with Crippen LogP contribution < -0.4 is 5.32 Å². The SMILES string of the molecule is CCc1ccc(C(C)NC(=O)c2cccc(CN3C(=O)CSC3=O)c2)cc1. The van der Waals surface area contributed by atoms with Crippen LogP contribution >= 0.6 is 11.8 Å². The van der Waals surface area contributed by atoms with Gasteiger partial charge in [-0.1, -0.05) is 55.1 Å². The van der Waals surface area contributed by atoms with Crippen LogP contribution in [-0.2, 0) is 17.8 Å². The molecule has 27 heavy (non-hydrogen) atoms. The summed E-state index contributed by atoms with van der Waals surface area (Å²) in [7, 11) is 0. The molecule has 6 heteroatoms. The van der Waals surface area contributed by atoms with Crippen LogP contribution in [-0.4, -0.2) is 27.7 Å². The lowest BCUT2D eigenvalue weighted by Crippen LogP contribution is -2.29. The smallest absolute Gasteiger partial charge is 0.289 e. The molecule has 1 N–H and O–H groups in total. The first-order valence-electron chi connectivity index (χ1n) is 8.93. The highest BCUT2D eigenvalue weighted by Crippen LogP contribution is 2.22. The van der Waals surface area contributed by atoms with Crippen molar-refractivity contribution in [2.45, 2.75) is 32.9 Å². The third-order valence-electron chi connectivity index (χ3n) is 4.61. The van der Waals surface area contributed by atoms with Crippen molar-refractivity contribution in [2.24, 2.45) is 0 Å². The quantitative estimate of drug-likeness (QED) is 0.822. The normalized spacial score (nSPS) is 15.1. The Labute approximate surface area is 163 Å². The molecule has 1 heterocycles. The number of hydrogen-bond donors (Lipinski definition) is 1. The Morgan fingerprint density at radius 2 is 1.89 bits per heavy atom. The molecule has 0 aliphatic carbocycles. The van der Waals surface area contributed by atoms with Gasteiger partial charge in [-0.15, -0.1) is 0 Å². The Bertz CT molecular complexity index is 848. The fraction of sp³-hybridized carbons (Fsp3) is 0.286. The minimum atomic E-state index is -0.237. The van der Waals surface area contributed by atoms with E-state index in [2.05, 4.69) is 24.4 Å². The number of carbonyl (C=O) groups excluding carboxylic acids is 3. The van der Waals surface area contributed by atoms with Crippen LogP contribution in [0.5, 0.6) is 0 Å². The van der Waals surface area contributed by atoms with Crippen LogP contribution in [0.2, 0.25) is 0 Å². The summed E-state index contributed by atoms with van der Waals surface area (Å²) in [5, 5.41) is 2.76. The van der Waals surface area contributed by atoms with Crippen molar-refractivity contribution in [3.8, 4) is 0 Å². The third kappa shape index (κ3) is 4.57. The minimum Gasteiger partial charge on any atom is -0.346 e. The van der Waals surface area contributed by atoms with Gasteiger partial charge in [-0.05, 0) is 42.2 Å². The molecule has 0 radical (unpaired) electrons. The van der Waals surface area contributed by atoms with Crippen molar-refractivity contribution < 1.29 is 14.4 Å². The standard InChI is InChI=1S/C21H22N2O3S/c1-3-15-7-9-17(10-8-15)14(2)22-20(25)18-6-4-5-16(11-18)12-23-19(24)13-27-21(23)26/h4-11,14H,3,12-13H2,1-2H3,(H,22,25). The summed E-state index contributed by atoms with van der Waals surface area (Å²) in [6, 6.07) is 15.1. The van der Waals surface area contributed by atoms with E-state index in [4.69, 9.17) is 0 Å². The first-order chi connectivity index (χ1) is 13.0. The van der Waals surface area contributed by atoms with E-state index < -0.39 is 0 Å². The van der Waals surface area contributed by atoms with Crippen molar-refractivity contribution in [2.75, 3.05) is 5.75 Å². The maximum absolute atomic E-state index is 12.6. The van der Waals surface area contributed by atoms with Gasteiger partial charge < -0.3 is 5.32 Å². The highest BCUT2D eigenvalue weighted by Gasteiger charge is 2.29. The summed E-state index contributed by atoms with van der Waals surface area (Å²) in [5.41, 5.74) is 3.57. The van der Waals surface area contributed by atoms with Crippen LogP contribution in [0.3, 0.4) is 0 Å². The summed E-state index contributed by atoms with van der Waals surface area (Å²) in [5.74, 6) is -0.186. The molecule has 3 amide bonds. The summed E-state index contributed by atoms with van der Waals surface area (Å²) in [4.78, 5) is 37.3. The molecular formula is C21H22N2O3S. The van der Waals surface area contributed by atoms with Crippen molar-refractivity contribution >= 4 is 28.8 Å². The van der Waals surface area contributed by atoms with Crippen molar-refractivity contribution in [3.63, 3.8) is 0 Å². The average Bonchev–Trinajstić information content (AvgIpc) is 3.00. The minimum absolute atomic E-state index is 0.120. The second-order valence-electron chi connectivity index (χ2n) is 6.53. The maximum Gasteiger partial charge on any atom is 0.289 e. The predicted molar refractivity (Wildman–Crippen MR) is 107 cm³/mol. The molecule has 5 nitrogen and oxygen atoms in total. The summed E-state index contributed by atoms with van der Waals surface area (Å²) >= 11 is 1.01. The molecule has 2 aromatic rings.